The molecule has 2 atom stereocenters. The minimum absolute atomic E-state index is 0.535. The number of nitrogens with one attached hydrogen (secondary N) is 1. The van der Waals surface area contributed by atoms with E-state index in [9.17, 15) is 0 Å². The molecule has 0 aromatic carbocycles. The van der Waals surface area contributed by atoms with Crippen molar-refractivity contribution in [3.05, 3.63) is 17.1 Å². The molecule has 1 saturated carbocycles. The van der Waals surface area contributed by atoms with Crippen molar-refractivity contribution in [2.24, 2.45) is 11.8 Å². The van der Waals surface area contributed by atoms with E-state index in [2.05, 4.69) is 12.3 Å². The van der Waals surface area contributed by atoms with Gasteiger partial charge in [0.05, 0.1) is 0 Å². The van der Waals surface area contributed by atoms with E-state index in [4.69, 9.17) is 15.8 Å². The molecule has 2 aliphatic rings. The SMILES string of the molecule is CCC1CCCC(c2nc3c(c(NN)n2)CCCC3)C1. The second-order valence-electron chi connectivity index (χ2n) is 6.34. The lowest BCUT2D eigenvalue weighted by Crippen LogP contribution is -2.21. The summed E-state index contributed by atoms with van der Waals surface area (Å²) in [7, 11) is 0. The van der Waals surface area contributed by atoms with Gasteiger partial charge < -0.3 is 5.43 Å². The van der Waals surface area contributed by atoms with Crippen LogP contribution in [0.2, 0.25) is 0 Å². The predicted octanol–water partition coefficient (Wildman–Crippen LogP) is 3.32. The summed E-state index contributed by atoms with van der Waals surface area (Å²) in [5, 5.41) is 0. The summed E-state index contributed by atoms with van der Waals surface area (Å²) in [6.07, 6.45) is 11.1. The third-order valence-electron chi connectivity index (χ3n) is 5.06. The Labute approximate surface area is 121 Å². The van der Waals surface area contributed by atoms with Crippen molar-refractivity contribution in [3.63, 3.8) is 0 Å². The molecule has 2 aliphatic carbocycles. The first-order valence-corrected chi connectivity index (χ1v) is 8.18. The highest BCUT2D eigenvalue weighted by Crippen LogP contribution is 2.37. The van der Waals surface area contributed by atoms with Crippen LogP contribution in [0.3, 0.4) is 0 Å². The quantitative estimate of drug-likeness (QED) is 0.655. The molecular weight excluding hydrogens is 248 g/mol. The van der Waals surface area contributed by atoms with Crippen molar-refractivity contribution in [1.29, 1.82) is 0 Å². The summed E-state index contributed by atoms with van der Waals surface area (Å²) in [6, 6.07) is 0. The third-order valence-corrected chi connectivity index (χ3v) is 5.06. The number of fused-ring (bicyclic) bond motifs is 1. The van der Waals surface area contributed by atoms with E-state index in [1.165, 1.54) is 56.2 Å². The summed E-state index contributed by atoms with van der Waals surface area (Å²) < 4.78 is 0. The lowest BCUT2D eigenvalue weighted by atomic mass is 9.79. The molecule has 3 rings (SSSR count). The van der Waals surface area contributed by atoms with E-state index in [1.54, 1.807) is 0 Å². The third kappa shape index (κ3) is 2.66. The van der Waals surface area contributed by atoms with Gasteiger partial charge in [0.25, 0.3) is 0 Å². The van der Waals surface area contributed by atoms with E-state index < -0.39 is 0 Å². The minimum atomic E-state index is 0.535. The van der Waals surface area contributed by atoms with Gasteiger partial charge in [0.2, 0.25) is 0 Å². The highest BCUT2D eigenvalue weighted by Gasteiger charge is 2.26. The number of rotatable bonds is 3. The molecule has 4 heteroatoms. The minimum Gasteiger partial charge on any atom is -0.308 e. The molecule has 0 radical (unpaired) electrons. The Bertz CT molecular complexity index is 455. The maximum absolute atomic E-state index is 5.69. The first-order chi connectivity index (χ1) is 9.81. The zero-order chi connectivity index (χ0) is 13.9. The lowest BCUT2D eigenvalue weighted by Gasteiger charge is -2.28. The van der Waals surface area contributed by atoms with E-state index in [-0.39, 0.29) is 0 Å². The normalized spacial score (nSPS) is 26.1. The summed E-state index contributed by atoms with van der Waals surface area (Å²) >= 11 is 0. The monoisotopic (exact) mass is 274 g/mol. The Morgan fingerprint density at radius 3 is 2.80 bits per heavy atom. The van der Waals surface area contributed by atoms with Gasteiger partial charge in [-0.15, -0.1) is 0 Å². The van der Waals surface area contributed by atoms with Crippen molar-refractivity contribution >= 4 is 5.82 Å². The molecule has 3 N–H and O–H groups in total. The summed E-state index contributed by atoms with van der Waals surface area (Å²) in [5.41, 5.74) is 5.31. The van der Waals surface area contributed by atoms with Crippen LogP contribution in [0.1, 0.15) is 74.9 Å². The zero-order valence-electron chi connectivity index (χ0n) is 12.5. The maximum Gasteiger partial charge on any atom is 0.147 e. The van der Waals surface area contributed by atoms with Gasteiger partial charge in [-0.25, -0.2) is 15.8 Å². The number of aryl methyl sites for hydroxylation is 1. The Hall–Kier alpha value is -1.16. The van der Waals surface area contributed by atoms with E-state index in [1.807, 2.05) is 0 Å². The molecule has 1 aromatic rings. The highest BCUT2D eigenvalue weighted by atomic mass is 15.3. The van der Waals surface area contributed by atoms with E-state index in [0.717, 1.165) is 30.4 Å². The van der Waals surface area contributed by atoms with E-state index >= 15 is 0 Å². The largest absolute Gasteiger partial charge is 0.308 e. The summed E-state index contributed by atoms with van der Waals surface area (Å²) in [6.45, 7) is 2.30. The van der Waals surface area contributed by atoms with Crippen molar-refractivity contribution in [3.8, 4) is 0 Å². The molecule has 1 fully saturated rings. The Morgan fingerprint density at radius 1 is 1.15 bits per heavy atom. The maximum atomic E-state index is 5.69. The smallest absolute Gasteiger partial charge is 0.147 e. The van der Waals surface area contributed by atoms with Gasteiger partial charge >= 0.3 is 0 Å². The number of aromatic nitrogens is 2. The molecule has 1 heterocycles. The number of hydrazine groups is 1. The zero-order valence-corrected chi connectivity index (χ0v) is 12.5. The topological polar surface area (TPSA) is 63.8 Å². The second-order valence-corrected chi connectivity index (χ2v) is 6.34. The van der Waals surface area contributed by atoms with Gasteiger partial charge in [-0.2, -0.15) is 0 Å². The van der Waals surface area contributed by atoms with Gasteiger partial charge in [-0.05, 0) is 44.4 Å². The fourth-order valence-corrected chi connectivity index (χ4v) is 3.81. The molecular formula is C16H26N4. The number of nitrogen functional groups attached to an aromatic ring is 1. The van der Waals surface area contributed by atoms with Crippen molar-refractivity contribution in [2.75, 3.05) is 5.43 Å². The van der Waals surface area contributed by atoms with Crippen molar-refractivity contribution in [2.45, 2.75) is 70.6 Å². The van der Waals surface area contributed by atoms with Crippen LogP contribution in [0.5, 0.6) is 0 Å². The van der Waals surface area contributed by atoms with Crippen LogP contribution < -0.4 is 11.3 Å². The van der Waals surface area contributed by atoms with Crippen LogP contribution in [-0.4, -0.2) is 9.97 Å². The van der Waals surface area contributed by atoms with Crippen LogP contribution in [-0.2, 0) is 12.8 Å². The van der Waals surface area contributed by atoms with Crippen molar-refractivity contribution in [1.82, 2.24) is 9.97 Å². The van der Waals surface area contributed by atoms with Gasteiger partial charge in [-0.3, -0.25) is 0 Å². The molecule has 0 aliphatic heterocycles. The lowest BCUT2D eigenvalue weighted by molar-refractivity contribution is 0.306. The van der Waals surface area contributed by atoms with Gasteiger partial charge in [0.1, 0.15) is 11.6 Å². The Balaban J connectivity index is 1.89. The predicted molar refractivity (Wildman–Crippen MR) is 81.5 cm³/mol. The molecule has 2 unspecified atom stereocenters. The van der Waals surface area contributed by atoms with Crippen molar-refractivity contribution < 1.29 is 0 Å². The number of hydrogen-bond acceptors (Lipinski definition) is 4. The summed E-state index contributed by atoms with van der Waals surface area (Å²) in [5.74, 6) is 8.99. The van der Waals surface area contributed by atoms with E-state index in [0.29, 0.717) is 5.92 Å². The molecule has 0 bridgehead atoms. The average Bonchev–Trinajstić information content (AvgIpc) is 2.53. The fraction of sp³-hybridized carbons (Fsp3) is 0.750. The number of nitrogens with zero attached hydrogens (tertiary/aromatic N) is 2. The molecule has 4 nitrogen and oxygen atoms in total. The van der Waals surface area contributed by atoms with Crippen LogP contribution in [0.25, 0.3) is 0 Å². The average molecular weight is 274 g/mol. The standard InChI is InChI=1S/C16H26N4/c1-2-11-6-5-7-12(10-11)15-18-14-9-4-3-8-13(14)16(19-15)20-17/h11-12H,2-10,17H2,1H3,(H,18,19,20). The van der Waals surface area contributed by atoms with Crippen LogP contribution in [0.4, 0.5) is 5.82 Å². The molecule has 0 spiro atoms. The van der Waals surface area contributed by atoms with Gasteiger partial charge in [-0.1, -0.05) is 26.2 Å². The first-order valence-electron chi connectivity index (χ1n) is 8.18. The fourth-order valence-electron chi connectivity index (χ4n) is 3.81. The Kier molecular flexibility index (Phi) is 4.20. The van der Waals surface area contributed by atoms with Crippen LogP contribution in [0, 0.1) is 5.92 Å². The van der Waals surface area contributed by atoms with Gasteiger partial charge in [0, 0.05) is 17.2 Å². The molecule has 110 valence electrons. The van der Waals surface area contributed by atoms with Gasteiger partial charge in [0.15, 0.2) is 0 Å². The van der Waals surface area contributed by atoms with Crippen LogP contribution >= 0.6 is 0 Å². The molecule has 20 heavy (non-hydrogen) atoms. The molecule has 0 saturated heterocycles. The molecule has 0 amide bonds. The molecule has 1 aromatic heterocycles. The highest BCUT2D eigenvalue weighted by molar-refractivity contribution is 5.47. The Morgan fingerprint density at radius 2 is 2.00 bits per heavy atom. The second kappa shape index (κ2) is 6.08. The van der Waals surface area contributed by atoms with Crippen LogP contribution in [0.15, 0.2) is 0 Å². The summed E-state index contributed by atoms with van der Waals surface area (Å²) in [4.78, 5) is 9.66. The number of nitrogens with two attached hydrogens (primary N) is 1. The number of hydrogen-bond donors (Lipinski definition) is 2. The first kappa shape index (κ1) is 13.8. The number of anilines is 1.